The van der Waals surface area contributed by atoms with Crippen molar-refractivity contribution in [2.75, 3.05) is 14.2 Å². The summed E-state index contributed by atoms with van der Waals surface area (Å²) in [5.41, 5.74) is 11.6. The van der Waals surface area contributed by atoms with Crippen molar-refractivity contribution in [1.82, 2.24) is 14.5 Å². The molecule has 8 nitrogen and oxygen atoms in total. The Labute approximate surface area is 199 Å². The van der Waals surface area contributed by atoms with Gasteiger partial charge in [0.1, 0.15) is 11.5 Å². The average molecular weight is 466 g/mol. The van der Waals surface area contributed by atoms with Gasteiger partial charge in [0, 0.05) is 44.7 Å². The molecule has 2 amide bonds. The van der Waals surface area contributed by atoms with E-state index in [0.29, 0.717) is 22.6 Å². The minimum absolute atomic E-state index is 0.0245. The molecule has 4 heterocycles. The first-order chi connectivity index (χ1) is 17.0. The van der Waals surface area contributed by atoms with E-state index in [1.807, 2.05) is 30.3 Å². The van der Waals surface area contributed by atoms with Gasteiger partial charge in [-0.2, -0.15) is 0 Å². The lowest BCUT2D eigenvalue weighted by molar-refractivity contribution is 0.0880. The highest BCUT2D eigenvalue weighted by molar-refractivity contribution is 6.39. The number of hydrogen-bond acceptors (Lipinski definition) is 5. The SMILES string of the molecule is COc1ccc2c(c1)c1c3c(c4c5cc(OC)ccc5n5c4c1n2C1C[C@H]5C[C@@H]1N)C(=O)NC3=O. The van der Waals surface area contributed by atoms with Gasteiger partial charge in [-0.05, 0) is 49.2 Å². The van der Waals surface area contributed by atoms with E-state index < -0.39 is 0 Å². The number of methoxy groups -OCH3 is 2. The Morgan fingerprint density at radius 1 is 0.829 bits per heavy atom. The van der Waals surface area contributed by atoms with Crippen LogP contribution in [0.25, 0.3) is 43.6 Å². The third-order valence-electron chi connectivity index (χ3n) is 8.32. The van der Waals surface area contributed by atoms with Crippen LogP contribution in [0.3, 0.4) is 0 Å². The van der Waals surface area contributed by atoms with Crippen LogP contribution in [0.2, 0.25) is 0 Å². The van der Waals surface area contributed by atoms with Gasteiger partial charge in [0.2, 0.25) is 0 Å². The van der Waals surface area contributed by atoms with Crippen LogP contribution in [-0.2, 0) is 0 Å². The minimum Gasteiger partial charge on any atom is -0.497 e. The molecule has 0 radical (unpaired) electrons. The fourth-order valence-electron chi connectivity index (χ4n) is 7.00. The Bertz CT molecular complexity index is 1830. The predicted octanol–water partition coefficient (Wildman–Crippen LogP) is 4.02. The van der Waals surface area contributed by atoms with Crippen LogP contribution in [0.5, 0.6) is 11.5 Å². The van der Waals surface area contributed by atoms with E-state index in [1.165, 1.54) is 0 Å². The second-order valence-electron chi connectivity index (χ2n) is 9.84. The molecule has 1 fully saturated rings. The van der Waals surface area contributed by atoms with Crippen molar-refractivity contribution in [1.29, 1.82) is 0 Å². The fraction of sp³-hybridized carbons (Fsp3) is 0.259. The van der Waals surface area contributed by atoms with E-state index >= 15 is 0 Å². The van der Waals surface area contributed by atoms with E-state index in [2.05, 4.69) is 20.5 Å². The van der Waals surface area contributed by atoms with E-state index in [4.69, 9.17) is 15.2 Å². The molecule has 3 aliphatic rings. The van der Waals surface area contributed by atoms with Crippen molar-refractivity contribution in [3.63, 3.8) is 0 Å². The molecule has 3 N–H and O–H groups in total. The Morgan fingerprint density at radius 2 is 1.37 bits per heavy atom. The summed E-state index contributed by atoms with van der Waals surface area (Å²) in [6, 6.07) is 12.2. The van der Waals surface area contributed by atoms with Gasteiger partial charge in [-0.3, -0.25) is 14.9 Å². The number of ether oxygens (including phenoxy) is 2. The van der Waals surface area contributed by atoms with Crippen molar-refractivity contribution in [3.05, 3.63) is 47.5 Å². The molecule has 2 bridgehead atoms. The van der Waals surface area contributed by atoms with Gasteiger partial charge < -0.3 is 24.3 Å². The van der Waals surface area contributed by atoms with Crippen LogP contribution >= 0.6 is 0 Å². The molecule has 2 aromatic heterocycles. The maximum absolute atomic E-state index is 13.3. The van der Waals surface area contributed by atoms with Crippen molar-refractivity contribution in [3.8, 4) is 11.5 Å². The van der Waals surface area contributed by atoms with Crippen LogP contribution in [0.1, 0.15) is 45.6 Å². The second kappa shape index (κ2) is 6.14. The number of nitrogens with one attached hydrogen (secondary N) is 1. The first kappa shape index (κ1) is 19.3. The monoisotopic (exact) mass is 466 g/mol. The molecular formula is C27H22N4O4. The largest absolute Gasteiger partial charge is 0.497 e. The first-order valence-electron chi connectivity index (χ1n) is 11.8. The molecule has 8 heteroatoms. The third kappa shape index (κ3) is 2.09. The lowest BCUT2D eigenvalue weighted by atomic mass is 9.96. The Morgan fingerprint density at radius 3 is 1.94 bits per heavy atom. The maximum atomic E-state index is 13.3. The molecule has 35 heavy (non-hydrogen) atoms. The van der Waals surface area contributed by atoms with Crippen LogP contribution in [0.4, 0.5) is 0 Å². The maximum Gasteiger partial charge on any atom is 0.259 e. The third-order valence-corrected chi connectivity index (χ3v) is 8.32. The number of carbonyl (C=O) groups is 2. The molecule has 1 aliphatic carbocycles. The van der Waals surface area contributed by atoms with Crippen molar-refractivity contribution < 1.29 is 19.1 Å². The summed E-state index contributed by atoms with van der Waals surface area (Å²) in [6.07, 6.45) is 1.73. The molecule has 0 spiro atoms. The zero-order valence-electron chi connectivity index (χ0n) is 19.2. The van der Waals surface area contributed by atoms with Crippen molar-refractivity contribution in [2.24, 2.45) is 5.73 Å². The zero-order chi connectivity index (χ0) is 23.7. The number of carbonyl (C=O) groups excluding carboxylic acids is 2. The molecule has 3 atom stereocenters. The summed E-state index contributed by atoms with van der Waals surface area (Å²) < 4.78 is 15.8. The highest BCUT2D eigenvalue weighted by atomic mass is 16.5. The fourth-order valence-corrected chi connectivity index (χ4v) is 7.00. The molecule has 8 rings (SSSR count). The Kier molecular flexibility index (Phi) is 3.38. The van der Waals surface area contributed by atoms with Crippen LogP contribution < -0.4 is 20.5 Å². The summed E-state index contributed by atoms with van der Waals surface area (Å²) in [7, 11) is 3.26. The van der Waals surface area contributed by atoms with E-state index in [9.17, 15) is 9.59 Å². The highest BCUT2D eigenvalue weighted by Gasteiger charge is 2.44. The highest BCUT2D eigenvalue weighted by Crippen LogP contribution is 2.53. The van der Waals surface area contributed by atoms with Crippen molar-refractivity contribution in [2.45, 2.75) is 31.0 Å². The number of nitrogens with zero attached hydrogens (tertiary/aromatic N) is 2. The van der Waals surface area contributed by atoms with Crippen LogP contribution in [0.15, 0.2) is 36.4 Å². The summed E-state index contributed by atoms with van der Waals surface area (Å²) in [5, 5.41) is 5.98. The lowest BCUT2D eigenvalue weighted by Gasteiger charge is -2.21. The summed E-state index contributed by atoms with van der Waals surface area (Å²) in [4.78, 5) is 26.6. The van der Waals surface area contributed by atoms with E-state index in [1.54, 1.807) is 14.2 Å². The molecule has 5 aromatic rings. The van der Waals surface area contributed by atoms with Gasteiger partial charge >= 0.3 is 0 Å². The van der Waals surface area contributed by atoms with Crippen molar-refractivity contribution >= 4 is 55.4 Å². The number of aromatic nitrogens is 2. The average Bonchev–Trinajstić information content (AvgIpc) is 3.54. The van der Waals surface area contributed by atoms with Gasteiger partial charge in [-0.1, -0.05) is 0 Å². The normalized spacial score (nSPS) is 22.5. The molecule has 0 saturated heterocycles. The Hall–Kier alpha value is -4.04. The molecular weight excluding hydrogens is 444 g/mol. The zero-order valence-corrected chi connectivity index (χ0v) is 19.2. The quantitative estimate of drug-likeness (QED) is 0.383. The second-order valence-corrected chi connectivity index (χ2v) is 9.84. The minimum atomic E-state index is -0.365. The smallest absolute Gasteiger partial charge is 0.259 e. The summed E-state index contributed by atoms with van der Waals surface area (Å²) in [6.45, 7) is 0. The van der Waals surface area contributed by atoms with Gasteiger partial charge in [0.15, 0.2) is 0 Å². The van der Waals surface area contributed by atoms with Gasteiger partial charge in [0.05, 0.1) is 42.4 Å². The first-order valence-corrected chi connectivity index (χ1v) is 11.8. The molecule has 1 unspecified atom stereocenters. The van der Waals surface area contributed by atoms with Gasteiger partial charge in [-0.25, -0.2) is 0 Å². The van der Waals surface area contributed by atoms with E-state index in [0.717, 1.165) is 56.5 Å². The standard InChI is InChI=1S/C27H22N4O4/c1-34-12-3-5-17-14(9-12)20-22-23(27(33)29-26(22)32)21-15-10-13(35-2)4-6-18(15)31-19-8-11(7-16(19)28)30(17)24(20)25(21)31/h3-6,9-11,16,19H,7-8,28H2,1-2H3,(H,29,32,33)/t11-,16+,19?/m1/s1. The number of imide groups is 1. The number of nitrogens with two attached hydrogens (primary N) is 1. The molecule has 174 valence electrons. The number of benzene rings is 3. The van der Waals surface area contributed by atoms with Gasteiger partial charge in [0.25, 0.3) is 11.8 Å². The molecule has 1 saturated carbocycles. The Balaban J connectivity index is 1.74. The lowest BCUT2D eigenvalue weighted by Crippen LogP contribution is -2.27. The van der Waals surface area contributed by atoms with Gasteiger partial charge in [-0.15, -0.1) is 0 Å². The molecule has 2 aliphatic heterocycles. The molecule has 3 aromatic carbocycles. The van der Waals surface area contributed by atoms with Crippen LogP contribution in [0, 0.1) is 0 Å². The topological polar surface area (TPSA) is 101 Å². The summed E-state index contributed by atoms with van der Waals surface area (Å²) >= 11 is 0. The summed E-state index contributed by atoms with van der Waals surface area (Å²) in [5.74, 6) is 0.685. The van der Waals surface area contributed by atoms with E-state index in [-0.39, 0.29) is 29.9 Å². The number of rotatable bonds is 2. The number of amides is 2. The predicted molar refractivity (Wildman–Crippen MR) is 133 cm³/mol. The number of hydrogen-bond donors (Lipinski definition) is 2. The van der Waals surface area contributed by atoms with Crippen LogP contribution in [-0.4, -0.2) is 41.2 Å². The number of fused-ring (bicyclic) bond motifs is 13.